The highest BCUT2D eigenvalue weighted by molar-refractivity contribution is 5.21. The Morgan fingerprint density at radius 3 is 2.45 bits per heavy atom. The summed E-state index contributed by atoms with van der Waals surface area (Å²) in [5, 5.41) is 3.41. The van der Waals surface area contributed by atoms with Crippen LogP contribution in [0.1, 0.15) is 12.0 Å². The van der Waals surface area contributed by atoms with Gasteiger partial charge in [0.15, 0.2) is 0 Å². The molecule has 1 aliphatic rings. The second-order valence-electron chi connectivity index (χ2n) is 5.72. The van der Waals surface area contributed by atoms with E-state index in [4.69, 9.17) is 9.47 Å². The van der Waals surface area contributed by atoms with Crippen molar-refractivity contribution in [3.8, 4) is 5.75 Å². The van der Waals surface area contributed by atoms with Gasteiger partial charge in [-0.3, -0.25) is 0 Å². The predicted octanol–water partition coefficient (Wildman–Crippen LogP) is 3.26. The molecular weight excluding hydrogens is 274 g/mol. The standard InChI is InChI=1S/C19H23NO2/c1-3-7-16(8-4-1)14-21-15-17-11-12-20-13-19(17)22-18-9-5-2-6-10-18/h1-10,17,19-20H,11-15H2. The lowest BCUT2D eigenvalue weighted by atomic mass is 9.96. The first-order valence-electron chi connectivity index (χ1n) is 7.96. The zero-order valence-electron chi connectivity index (χ0n) is 12.8. The summed E-state index contributed by atoms with van der Waals surface area (Å²) in [5.41, 5.74) is 1.22. The summed E-state index contributed by atoms with van der Waals surface area (Å²) in [4.78, 5) is 0. The van der Waals surface area contributed by atoms with E-state index in [1.54, 1.807) is 0 Å². The lowest BCUT2D eigenvalue weighted by Gasteiger charge is -2.32. The summed E-state index contributed by atoms with van der Waals surface area (Å²) in [6.45, 7) is 3.33. The van der Waals surface area contributed by atoms with Crippen molar-refractivity contribution in [2.75, 3.05) is 19.7 Å². The van der Waals surface area contributed by atoms with Gasteiger partial charge in [0, 0.05) is 12.5 Å². The molecule has 3 heteroatoms. The first-order chi connectivity index (χ1) is 10.9. The molecule has 1 N–H and O–H groups in total. The average Bonchev–Trinajstić information content (AvgIpc) is 2.58. The van der Waals surface area contributed by atoms with Gasteiger partial charge < -0.3 is 14.8 Å². The van der Waals surface area contributed by atoms with Gasteiger partial charge in [-0.1, -0.05) is 48.5 Å². The molecule has 2 atom stereocenters. The van der Waals surface area contributed by atoms with Gasteiger partial charge in [-0.15, -0.1) is 0 Å². The van der Waals surface area contributed by atoms with Crippen LogP contribution in [-0.4, -0.2) is 25.8 Å². The van der Waals surface area contributed by atoms with Crippen molar-refractivity contribution in [3.05, 3.63) is 66.2 Å². The summed E-state index contributed by atoms with van der Waals surface area (Å²) < 4.78 is 12.0. The summed E-state index contributed by atoms with van der Waals surface area (Å²) in [6, 6.07) is 20.4. The van der Waals surface area contributed by atoms with Crippen LogP contribution in [0.15, 0.2) is 60.7 Å². The van der Waals surface area contributed by atoms with Crippen LogP contribution in [0.3, 0.4) is 0 Å². The molecule has 0 amide bonds. The van der Waals surface area contributed by atoms with Crippen LogP contribution in [-0.2, 0) is 11.3 Å². The topological polar surface area (TPSA) is 30.5 Å². The highest BCUT2D eigenvalue weighted by Crippen LogP contribution is 2.20. The highest BCUT2D eigenvalue weighted by atomic mass is 16.5. The van der Waals surface area contributed by atoms with Crippen molar-refractivity contribution in [2.45, 2.75) is 19.1 Å². The third-order valence-corrected chi connectivity index (χ3v) is 4.04. The second-order valence-corrected chi connectivity index (χ2v) is 5.72. The van der Waals surface area contributed by atoms with Gasteiger partial charge in [-0.2, -0.15) is 0 Å². The first-order valence-corrected chi connectivity index (χ1v) is 7.96. The third-order valence-electron chi connectivity index (χ3n) is 4.04. The van der Waals surface area contributed by atoms with E-state index in [2.05, 4.69) is 17.4 Å². The van der Waals surface area contributed by atoms with Gasteiger partial charge in [0.25, 0.3) is 0 Å². The van der Waals surface area contributed by atoms with Crippen molar-refractivity contribution >= 4 is 0 Å². The number of ether oxygens (including phenoxy) is 2. The highest BCUT2D eigenvalue weighted by Gasteiger charge is 2.26. The largest absolute Gasteiger partial charge is 0.489 e. The fraction of sp³-hybridized carbons (Fsp3) is 0.368. The molecule has 0 aliphatic carbocycles. The molecule has 2 aromatic carbocycles. The molecule has 0 bridgehead atoms. The lowest BCUT2D eigenvalue weighted by Crippen LogP contribution is -2.45. The van der Waals surface area contributed by atoms with Crippen LogP contribution in [0.2, 0.25) is 0 Å². The smallest absolute Gasteiger partial charge is 0.119 e. The van der Waals surface area contributed by atoms with Crippen molar-refractivity contribution in [1.29, 1.82) is 0 Å². The number of hydrogen-bond acceptors (Lipinski definition) is 3. The Morgan fingerprint density at radius 1 is 0.955 bits per heavy atom. The first kappa shape index (κ1) is 15.1. The number of hydrogen-bond donors (Lipinski definition) is 1. The second kappa shape index (κ2) is 7.97. The minimum Gasteiger partial charge on any atom is -0.489 e. The third kappa shape index (κ3) is 4.33. The number of piperidine rings is 1. The Labute approximate surface area is 132 Å². The molecule has 116 valence electrons. The average molecular weight is 297 g/mol. The summed E-state index contributed by atoms with van der Waals surface area (Å²) in [6.07, 6.45) is 1.26. The van der Waals surface area contributed by atoms with E-state index in [-0.39, 0.29) is 6.10 Å². The Balaban J connectivity index is 1.51. The quantitative estimate of drug-likeness (QED) is 0.888. The van der Waals surface area contributed by atoms with E-state index in [1.807, 2.05) is 48.5 Å². The van der Waals surface area contributed by atoms with Gasteiger partial charge in [-0.05, 0) is 30.7 Å². The molecule has 1 aliphatic heterocycles. The monoisotopic (exact) mass is 297 g/mol. The zero-order valence-corrected chi connectivity index (χ0v) is 12.8. The van der Waals surface area contributed by atoms with Crippen LogP contribution >= 0.6 is 0 Å². The van der Waals surface area contributed by atoms with Crippen molar-refractivity contribution in [2.24, 2.45) is 5.92 Å². The molecule has 3 rings (SSSR count). The molecule has 0 saturated carbocycles. The van der Waals surface area contributed by atoms with Crippen molar-refractivity contribution in [1.82, 2.24) is 5.32 Å². The normalized spacial score (nSPS) is 21.5. The Kier molecular flexibility index (Phi) is 5.46. The van der Waals surface area contributed by atoms with Crippen LogP contribution < -0.4 is 10.1 Å². The number of para-hydroxylation sites is 1. The van der Waals surface area contributed by atoms with Crippen molar-refractivity contribution in [3.63, 3.8) is 0 Å². The number of benzene rings is 2. The predicted molar refractivity (Wildman–Crippen MR) is 87.9 cm³/mol. The van der Waals surface area contributed by atoms with E-state index < -0.39 is 0 Å². The summed E-state index contributed by atoms with van der Waals surface area (Å²) in [5.74, 6) is 1.37. The molecule has 22 heavy (non-hydrogen) atoms. The van der Waals surface area contributed by atoms with E-state index >= 15 is 0 Å². The minimum absolute atomic E-state index is 0.173. The molecule has 3 nitrogen and oxygen atoms in total. The molecule has 1 fully saturated rings. The van der Waals surface area contributed by atoms with Gasteiger partial charge in [0.2, 0.25) is 0 Å². The molecule has 1 saturated heterocycles. The molecule has 0 spiro atoms. The number of rotatable bonds is 6. The maximum absolute atomic E-state index is 6.13. The molecule has 2 aromatic rings. The number of nitrogens with one attached hydrogen (secondary N) is 1. The Hall–Kier alpha value is -1.84. The van der Waals surface area contributed by atoms with Crippen LogP contribution in [0, 0.1) is 5.92 Å². The maximum atomic E-state index is 6.13. The zero-order chi connectivity index (χ0) is 15.0. The SMILES string of the molecule is c1ccc(COCC2CCNCC2Oc2ccccc2)cc1. The fourth-order valence-corrected chi connectivity index (χ4v) is 2.79. The summed E-state index contributed by atoms with van der Waals surface area (Å²) >= 11 is 0. The fourth-order valence-electron chi connectivity index (χ4n) is 2.79. The van der Waals surface area contributed by atoms with E-state index in [1.165, 1.54) is 5.56 Å². The molecular formula is C19H23NO2. The molecule has 1 heterocycles. The van der Waals surface area contributed by atoms with Gasteiger partial charge >= 0.3 is 0 Å². The Morgan fingerprint density at radius 2 is 1.68 bits per heavy atom. The van der Waals surface area contributed by atoms with Crippen LogP contribution in [0.5, 0.6) is 5.75 Å². The van der Waals surface area contributed by atoms with E-state index in [0.29, 0.717) is 12.5 Å². The molecule has 2 unspecified atom stereocenters. The molecule has 0 radical (unpaired) electrons. The lowest BCUT2D eigenvalue weighted by molar-refractivity contribution is 0.0179. The Bertz CT molecular complexity index is 544. The minimum atomic E-state index is 0.173. The van der Waals surface area contributed by atoms with Crippen molar-refractivity contribution < 1.29 is 9.47 Å². The maximum Gasteiger partial charge on any atom is 0.119 e. The van der Waals surface area contributed by atoms with E-state index in [0.717, 1.165) is 31.9 Å². The van der Waals surface area contributed by atoms with Crippen LogP contribution in [0.25, 0.3) is 0 Å². The van der Waals surface area contributed by atoms with E-state index in [9.17, 15) is 0 Å². The van der Waals surface area contributed by atoms with Gasteiger partial charge in [-0.25, -0.2) is 0 Å². The van der Waals surface area contributed by atoms with Gasteiger partial charge in [0.05, 0.1) is 13.2 Å². The van der Waals surface area contributed by atoms with Crippen LogP contribution in [0.4, 0.5) is 0 Å². The molecule has 0 aromatic heterocycles. The summed E-state index contributed by atoms with van der Waals surface area (Å²) in [7, 11) is 0. The van der Waals surface area contributed by atoms with Gasteiger partial charge in [0.1, 0.15) is 11.9 Å².